The molecule has 3 fully saturated rings. The van der Waals surface area contributed by atoms with Gasteiger partial charge >= 0.3 is 0 Å². The summed E-state index contributed by atoms with van der Waals surface area (Å²) in [5.74, 6) is 1.34. The lowest BCUT2D eigenvalue weighted by Crippen LogP contribution is -2.66. The Morgan fingerprint density at radius 2 is 2.21 bits per heavy atom. The highest BCUT2D eigenvalue weighted by Crippen LogP contribution is 2.42. The average molecular weight is 330 g/mol. The molecule has 0 radical (unpaired) electrons. The van der Waals surface area contributed by atoms with Crippen molar-refractivity contribution < 1.29 is 14.3 Å². The normalized spacial score (nSPS) is 25.0. The monoisotopic (exact) mass is 330 g/mol. The molecule has 24 heavy (non-hydrogen) atoms. The molecule has 1 aromatic rings. The van der Waals surface area contributed by atoms with E-state index in [1.54, 1.807) is 6.07 Å². The molecule has 5 heteroatoms. The van der Waals surface area contributed by atoms with Gasteiger partial charge < -0.3 is 14.4 Å². The van der Waals surface area contributed by atoms with E-state index < -0.39 is 0 Å². The van der Waals surface area contributed by atoms with E-state index >= 15 is 0 Å². The third kappa shape index (κ3) is 3.20. The molecule has 2 saturated heterocycles. The lowest BCUT2D eigenvalue weighted by atomic mass is 9.79. The first-order chi connectivity index (χ1) is 11.7. The highest BCUT2D eigenvalue weighted by Gasteiger charge is 2.54. The van der Waals surface area contributed by atoms with Crippen LogP contribution in [0.15, 0.2) is 18.2 Å². The number of carbonyl (C=O) groups excluding carboxylic acids is 1. The average Bonchev–Trinajstić information content (AvgIpc) is 3.27. The van der Waals surface area contributed by atoms with E-state index in [9.17, 15) is 4.79 Å². The third-order valence-corrected chi connectivity index (χ3v) is 5.57. The zero-order valence-electron chi connectivity index (χ0n) is 14.4. The van der Waals surface area contributed by atoms with Crippen molar-refractivity contribution in [3.8, 4) is 0 Å². The number of hydrogen-bond donors (Lipinski definition) is 0. The lowest BCUT2D eigenvalue weighted by molar-refractivity contribution is -0.120. The molecule has 1 spiro atoms. The minimum absolute atomic E-state index is 0.0172. The quantitative estimate of drug-likeness (QED) is 0.752. The van der Waals surface area contributed by atoms with Crippen molar-refractivity contribution in [2.75, 3.05) is 32.9 Å². The smallest absolute Gasteiger partial charge is 0.272 e. The Labute approximate surface area is 143 Å². The lowest BCUT2D eigenvalue weighted by Gasteiger charge is -2.50. The van der Waals surface area contributed by atoms with Crippen LogP contribution >= 0.6 is 0 Å². The Morgan fingerprint density at radius 3 is 2.96 bits per heavy atom. The van der Waals surface area contributed by atoms with Gasteiger partial charge in [0.25, 0.3) is 5.91 Å². The number of likely N-dealkylation sites (tertiary alicyclic amines) is 1. The van der Waals surface area contributed by atoms with E-state index in [2.05, 4.69) is 4.98 Å². The van der Waals surface area contributed by atoms with Gasteiger partial charge in [-0.3, -0.25) is 4.79 Å². The van der Waals surface area contributed by atoms with Crippen LogP contribution in [0.3, 0.4) is 0 Å². The molecule has 0 aromatic carbocycles. The van der Waals surface area contributed by atoms with Gasteiger partial charge in [-0.05, 0) is 56.6 Å². The molecule has 1 amide bonds. The SMILES string of the molecule is Cc1cccc(C(=O)N2CC3(C2)OCC[C@H]3CCOCC2CC2)n1. The van der Waals surface area contributed by atoms with E-state index in [-0.39, 0.29) is 11.5 Å². The molecular formula is C19H26N2O3. The maximum Gasteiger partial charge on any atom is 0.272 e. The standard InChI is InChI=1S/C19H26N2O3/c1-14-3-2-4-17(20-14)18(22)21-12-19(13-21)16(8-10-24-19)7-9-23-11-15-5-6-15/h2-4,15-16H,5-13H2,1H3/t16-/m1/s1. The van der Waals surface area contributed by atoms with Crippen molar-refractivity contribution in [3.63, 3.8) is 0 Å². The molecule has 0 bridgehead atoms. The maximum absolute atomic E-state index is 12.6. The number of nitrogens with zero attached hydrogens (tertiary/aromatic N) is 2. The molecular weight excluding hydrogens is 304 g/mol. The fourth-order valence-corrected chi connectivity index (χ4v) is 3.87. The molecule has 2 aliphatic heterocycles. The van der Waals surface area contributed by atoms with Crippen molar-refractivity contribution >= 4 is 5.91 Å². The van der Waals surface area contributed by atoms with Crippen LogP contribution < -0.4 is 0 Å². The summed E-state index contributed by atoms with van der Waals surface area (Å²) in [4.78, 5) is 18.8. The van der Waals surface area contributed by atoms with Crippen molar-refractivity contribution in [2.45, 2.75) is 38.2 Å². The summed E-state index contributed by atoms with van der Waals surface area (Å²) in [5, 5.41) is 0. The predicted octanol–water partition coefficient (Wildman–Crippen LogP) is 2.44. The summed E-state index contributed by atoms with van der Waals surface area (Å²) < 4.78 is 11.8. The zero-order valence-corrected chi connectivity index (χ0v) is 14.4. The number of hydrogen-bond acceptors (Lipinski definition) is 4. The van der Waals surface area contributed by atoms with Crippen LogP contribution in [-0.4, -0.2) is 54.3 Å². The Kier molecular flexibility index (Phi) is 4.31. The van der Waals surface area contributed by atoms with Crippen molar-refractivity contribution in [1.82, 2.24) is 9.88 Å². The Hall–Kier alpha value is -1.46. The molecule has 1 aromatic heterocycles. The van der Waals surface area contributed by atoms with E-state index in [4.69, 9.17) is 9.47 Å². The minimum atomic E-state index is -0.136. The molecule has 3 heterocycles. The molecule has 5 nitrogen and oxygen atoms in total. The molecule has 1 atom stereocenters. The van der Waals surface area contributed by atoms with Gasteiger partial charge in [-0.1, -0.05) is 6.07 Å². The van der Waals surface area contributed by atoms with Gasteiger partial charge in [0, 0.05) is 25.5 Å². The Balaban J connectivity index is 1.29. The van der Waals surface area contributed by atoms with Crippen molar-refractivity contribution in [2.24, 2.45) is 11.8 Å². The summed E-state index contributed by atoms with van der Waals surface area (Å²) >= 11 is 0. The summed E-state index contributed by atoms with van der Waals surface area (Å²) in [7, 11) is 0. The van der Waals surface area contributed by atoms with Crippen molar-refractivity contribution in [3.05, 3.63) is 29.6 Å². The topological polar surface area (TPSA) is 51.7 Å². The highest BCUT2D eigenvalue weighted by molar-refractivity contribution is 5.93. The highest BCUT2D eigenvalue weighted by atomic mass is 16.5. The first-order valence-electron chi connectivity index (χ1n) is 9.11. The number of aryl methyl sites for hydroxylation is 1. The van der Waals surface area contributed by atoms with Crippen LogP contribution in [0, 0.1) is 18.8 Å². The summed E-state index contributed by atoms with van der Waals surface area (Å²) in [6.45, 7) is 5.83. The molecule has 0 unspecified atom stereocenters. The van der Waals surface area contributed by atoms with Crippen LogP contribution in [0.4, 0.5) is 0 Å². The molecule has 1 saturated carbocycles. The van der Waals surface area contributed by atoms with E-state index in [0.29, 0.717) is 24.7 Å². The van der Waals surface area contributed by atoms with Gasteiger partial charge in [0.2, 0.25) is 0 Å². The molecule has 130 valence electrons. The van der Waals surface area contributed by atoms with Crippen LogP contribution in [-0.2, 0) is 9.47 Å². The first-order valence-corrected chi connectivity index (χ1v) is 9.11. The maximum atomic E-state index is 12.6. The first kappa shape index (κ1) is 16.0. The number of carbonyl (C=O) groups is 1. The third-order valence-electron chi connectivity index (χ3n) is 5.57. The fraction of sp³-hybridized carbons (Fsp3) is 0.684. The molecule has 4 rings (SSSR count). The number of amides is 1. The molecule has 0 N–H and O–H groups in total. The second kappa shape index (κ2) is 6.45. The second-order valence-electron chi connectivity index (χ2n) is 7.53. The fourth-order valence-electron chi connectivity index (χ4n) is 3.87. The van der Waals surface area contributed by atoms with Gasteiger partial charge in [-0.15, -0.1) is 0 Å². The number of rotatable bonds is 6. The van der Waals surface area contributed by atoms with Gasteiger partial charge in [-0.2, -0.15) is 0 Å². The van der Waals surface area contributed by atoms with Crippen LogP contribution in [0.2, 0.25) is 0 Å². The summed E-state index contributed by atoms with van der Waals surface area (Å²) in [6, 6.07) is 5.59. The second-order valence-corrected chi connectivity index (χ2v) is 7.53. The van der Waals surface area contributed by atoms with Gasteiger partial charge in [-0.25, -0.2) is 4.98 Å². The Bertz CT molecular complexity index is 608. The predicted molar refractivity (Wildman–Crippen MR) is 89.8 cm³/mol. The van der Waals surface area contributed by atoms with Gasteiger partial charge in [0.1, 0.15) is 11.3 Å². The number of pyridine rings is 1. The molecule has 1 aliphatic carbocycles. The van der Waals surface area contributed by atoms with E-state index in [0.717, 1.165) is 44.3 Å². The van der Waals surface area contributed by atoms with Gasteiger partial charge in [0.15, 0.2) is 0 Å². The van der Waals surface area contributed by atoms with Crippen LogP contribution in [0.1, 0.15) is 41.9 Å². The zero-order chi connectivity index (χ0) is 16.6. The summed E-state index contributed by atoms with van der Waals surface area (Å²) in [6.07, 6.45) is 4.79. The number of ether oxygens (including phenoxy) is 2. The number of aromatic nitrogens is 1. The van der Waals surface area contributed by atoms with Crippen molar-refractivity contribution in [1.29, 1.82) is 0 Å². The summed E-state index contributed by atoms with van der Waals surface area (Å²) in [5.41, 5.74) is 1.27. The van der Waals surface area contributed by atoms with Gasteiger partial charge in [0.05, 0.1) is 13.1 Å². The van der Waals surface area contributed by atoms with Crippen LogP contribution in [0.5, 0.6) is 0 Å². The van der Waals surface area contributed by atoms with E-state index in [1.807, 2.05) is 24.0 Å². The van der Waals surface area contributed by atoms with E-state index in [1.165, 1.54) is 12.8 Å². The Morgan fingerprint density at radius 1 is 1.38 bits per heavy atom. The molecule has 3 aliphatic rings. The largest absolute Gasteiger partial charge is 0.381 e. The minimum Gasteiger partial charge on any atom is -0.381 e. The van der Waals surface area contributed by atoms with Crippen LogP contribution in [0.25, 0.3) is 0 Å².